The highest BCUT2D eigenvalue weighted by Gasteiger charge is 2.23. The van der Waals surface area contributed by atoms with Gasteiger partial charge in [-0.15, -0.1) is 0 Å². The van der Waals surface area contributed by atoms with Crippen LogP contribution in [0.1, 0.15) is 45.6 Å². The Hall–Kier alpha value is -1.51. The van der Waals surface area contributed by atoms with Crippen molar-refractivity contribution in [2.24, 2.45) is 0 Å². The van der Waals surface area contributed by atoms with Crippen LogP contribution in [0.15, 0.2) is 24.3 Å². The summed E-state index contributed by atoms with van der Waals surface area (Å²) < 4.78 is 0. The molecule has 0 spiro atoms. The number of carbonyl (C=O) groups excluding carboxylic acids is 1. The third-order valence-electron chi connectivity index (χ3n) is 3.72. The van der Waals surface area contributed by atoms with Crippen LogP contribution in [0.25, 0.3) is 0 Å². The molecule has 1 fully saturated rings. The predicted molar refractivity (Wildman–Crippen MR) is 74.9 cm³/mol. The van der Waals surface area contributed by atoms with E-state index >= 15 is 0 Å². The molecule has 0 bridgehead atoms. The van der Waals surface area contributed by atoms with Gasteiger partial charge in [0.2, 0.25) is 0 Å². The molecule has 2 amide bonds. The van der Waals surface area contributed by atoms with Crippen LogP contribution in [-0.4, -0.2) is 12.1 Å². The Kier molecular flexibility index (Phi) is 3.60. The van der Waals surface area contributed by atoms with Gasteiger partial charge in [-0.3, -0.25) is 0 Å². The summed E-state index contributed by atoms with van der Waals surface area (Å²) in [5.41, 5.74) is 2.34. The van der Waals surface area contributed by atoms with Crippen LogP contribution in [0.3, 0.4) is 0 Å². The van der Waals surface area contributed by atoms with Gasteiger partial charge >= 0.3 is 6.03 Å². The largest absolute Gasteiger partial charge is 0.335 e. The van der Waals surface area contributed by atoms with Gasteiger partial charge in [0.15, 0.2) is 0 Å². The molecule has 1 aromatic carbocycles. The zero-order valence-electron chi connectivity index (χ0n) is 11.4. The molecule has 1 aliphatic carbocycles. The SMILES string of the molecule is CCC(C)(C)c1ccc(NC(=O)NC2CC2)cc1. The Bertz CT molecular complexity index is 419. The molecule has 2 rings (SSSR count). The molecule has 3 heteroatoms. The van der Waals surface area contributed by atoms with E-state index in [1.54, 1.807) is 0 Å². The van der Waals surface area contributed by atoms with Gasteiger partial charge in [0.1, 0.15) is 0 Å². The molecule has 0 saturated heterocycles. The van der Waals surface area contributed by atoms with Crippen LogP contribution >= 0.6 is 0 Å². The molecule has 0 atom stereocenters. The molecule has 0 unspecified atom stereocenters. The summed E-state index contributed by atoms with van der Waals surface area (Å²) in [5.74, 6) is 0. The number of amides is 2. The first kappa shape index (κ1) is 12.9. The summed E-state index contributed by atoms with van der Waals surface area (Å²) in [4.78, 5) is 11.6. The van der Waals surface area contributed by atoms with Gasteiger partial charge in [-0.1, -0.05) is 32.9 Å². The lowest BCUT2D eigenvalue weighted by atomic mass is 9.82. The highest BCUT2D eigenvalue weighted by molar-refractivity contribution is 5.89. The van der Waals surface area contributed by atoms with E-state index in [9.17, 15) is 4.79 Å². The van der Waals surface area contributed by atoms with Gasteiger partial charge in [0.05, 0.1) is 0 Å². The second-order valence-electron chi connectivity index (χ2n) is 5.69. The number of urea groups is 1. The van der Waals surface area contributed by atoms with Crippen molar-refractivity contribution >= 4 is 11.7 Å². The third kappa shape index (κ3) is 3.25. The number of rotatable bonds is 4. The van der Waals surface area contributed by atoms with Crippen molar-refractivity contribution in [3.63, 3.8) is 0 Å². The fraction of sp³-hybridized carbons (Fsp3) is 0.533. The first-order valence-electron chi connectivity index (χ1n) is 6.69. The summed E-state index contributed by atoms with van der Waals surface area (Å²) in [7, 11) is 0. The Morgan fingerprint density at radius 2 is 1.89 bits per heavy atom. The number of anilines is 1. The Labute approximate surface area is 109 Å². The van der Waals surface area contributed by atoms with Gasteiger partial charge in [0.25, 0.3) is 0 Å². The van der Waals surface area contributed by atoms with Crippen LogP contribution in [-0.2, 0) is 5.41 Å². The van der Waals surface area contributed by atoms with Crippen molar-refractivity contribution in [1.29, 1.82) is 0 Å². The topological polar surface area (TPSA) is 41.1 Å². The third-order valence-corrected chi connectivity index (χ3v) is 3.72. The average molecular weight is 246 g/mol. The molecular weight excluding hydrogens is 224 g/mol. The van der Waals surface area contributed by atoms with Crippen molar-refractivity contribution in [3.05, 3.63) is 29.8 Å². The lowest BCUT2D eigenvalue weighted by molar-refractivity contribution is 0.251. The van der Waals surface area contributed by atoms with E-state index in [2.05, 4.69) is 43.5 Å². The van der Waals surface area contributed by atoms with Crippen LogP contribution in [0, 0.1) is 0 Å². The van der Waals surface area contributed by atoms with Crippen molar-refractivity contribution in [2.45, 2.75) is 51.5 Å². The zero-order valence-corrected chi connectivity index (χ0v) is 11.4. The molecule has 1 saturated carbocycles. The molecular formula is C15H22N2O. The maximum Gasteiger partial charge on any atom is 0.319 e. The minimum Gasteiger partial charge on any atom is -0.335 e. The number of hydrogen-bond donors (Lipinski definition) is 2. The molecule has 0 aliphatic heterocycles. The molecule has 2 N–H and O–H groups in total. The minimum absolute atomic E-state index is 0.0972. The van der Waals surface area contributed by atoms with E-state index in [0.29, 0.717) is 6.04 Å². The lowest BCUT2D eigenvalue weighted by Gasteiger charge is -2.23. The van der Waals surface area contributed by atoms with Gasteiger partial charge in [-0.2, -0.15) is 0 Å². The summed E-state index contributed by atoms with van der Waals surface area (Å²) in [6, 6.07) is 8.42. The molecule has 18 heavy (non-hydrogen) atoms. The van der Waals surface area contributed by atoms with E-state index in [0.717, 1.165) is 24.9 Å². The van der Waals surface area contributed by atoms with Crippen LogP contribution in [0.5, 0.6) is 0 Å². The second kappa shape index (κ2) is 5.01. The fourth-order valence-electron chi connectivity index (χ4n) is 1.79. The second-order valence-corrected chi connectivity index (χ2v) is 5.69. The van der Waals surface area contributed by atoms with E-state index in [1.807, 2.05) is 12.1 Å². The molecule has 1 aromatic rings. The highest BCUT2D eigenvalue weighted by atomic mass is 16.2. The summed E-state index contributed by atoms with van der Waals surface area (Å²) >= 11 is 0. The Morgan fingerprint density at radius 1 is 1.28 bits per heavy atom. The normalized spacial score (nSPS) is 15.3. The summed E-state index contributed by atoms with van der Waals surface area (Å²) in [5, 5.41) is 5.77. The van der Waals surface area contributed by atoms with Crippen molar-refractivity contribution in [2.75, 3.05) is 5.32 Å². The standard InChI is InChI=1S/C15H22N2O/c1-4-15(2,3)11-5-7-12(8-6-11)16-14(18)17-13-9-10-13/h5-8,13H,4,9-10H2,1-3H3,(H2,16,17,18). The minimum atomic E-state index is -0.0972. The quantitative estimate of drug-likeness (QED) is 0.836. The van der Waals surface area contributed by atoms with E-state index in [1.165, 1.54) is 5.56 Å². The van der Waals surface area contributed by atoms with Crippen molar-refractivity contribution in [3.8, 4) is 0 Å². The zero-order chi connectivity index (χ0) is 13.2. The maximum absolute atomic E-state index is 11.6. The van der Waals surface area contributed by atoms with Crippen molar-refractivity contribution in [1.82, 2.24) is 5.32 Å². The Morgan fingerprint density at radius 3 is 2.39 bits per heavy atom. The van der Waals surface area contributed by atoms with Gasteiger partial charge in [0, 0.05) is 11.7 Å². The first-order valence-corrected chi connectivity index (χ1v) is 6.69. The predicted octanol–water partition coefficient (Wildman–Crippen LogP) is 3.66. The molecule has 98 valence electrons. The lowest BCUT2D eigenvalue weighted by Crippen LogP contribution is -2.30. The molecule has 0 aromatic heterocycles. The number of nitrogens with one attached hydrogen (secondary N) is 2. The van der Waals surface area contributed by atoms with Crippen LogP contribution in [0.4, 0.5) is 10.5 Å². The number of carbonyl (C=O) groups is 1. The van der Waals surface area contributed by atoms with E-state index < -0.39 is 0 Å². The monoisotopic (exact) mass is 246 g/mol. The molecule has 0 radical (unpaired) electrons. The summed E-state index contributed by atoms with van der Waals surface area (Å²) in [6.07, 6.45) is 3.32. The molecule has 3 nitrogen and oxygen atoms in total. The van der Waals surface area contributed by atoms with Gasteiger partial charge < -0.3 is 10.6 Å². The van der Waals surface area contributed by atoms with Gasteiger partial charge in [-0.25, -0.2) is 4.79 Å². The van der Waals surface area contributed by atoms with Crippen LogP contribution < -0.4 is 10.6 Å². The summed E-state index contributed by atoms with van der Waals surface area (Å²) in [6.45, 7) is 6.65. The highest BCUT2D eigenvalue weighted by Crippen LogP contribution is 2.27. The first-order chi connectivity index (χ1) is 8.51. The molecule has 0 heterocycles. The number of hydrogen-bond acceptors (Lipinski definition) is 1. The van der Waals surface area contributed by atoms with E-state index in [-0.39, 0.29) is 11.4 Å². The number of benzene rings is 1. The Balaban J connectivity index is 1.96. The average Bonchev–Trinajstić information content (AvgIpc) is 3.13. The van der Waals surface area contributed by atoms with Gasteiger partial charge in [-0.05, 0) is 42.4 Å². The smallest absolute Gasteiger partial charge is 0.319 e. The van der Waals surface area contributed by atoms with Crippen molar-refractivity contribution < 1.29 is 4.79 Å². The fourth-order valence-corrected chi connectivity index (χ4v) is 1.79. The molecule has 1 aliphatic rings. The van der Waals surface area contributed by atoms with E-state index in [4.69, 9.17) is 0 Å². The maximum atomic E-state index is 11.6. The van der Waals surface area contributed by atoms with Crippen LogP contribution in [0.2, 0.25) is 0 Å².